The Kier molecular flexibility index (Phi) is 1.50. The molecule has 4 nitrogen and oxygen atoms in total. The Morgan fingerprint density at radius 2 is 2.50 bits per heavy atom. The smallest absolute Gasteiger partial charge is 0.316 e. The molecule has 2 aliphatic rings. The normalized spacial score (nSPS) is 24.1. The van der Waals surface area contributed by atoms with Gasteiger partial charge in [0.05, 0.1) is 17.4 Å². The van der Waals surface area contributed by atoms with E-state index in [1.165, 1.54) is 0 Å². The fraction of sp³-hybridized carbons (Fsp3) is 0.400. The number of carbonyl (C=O) groups excluding carboxylic acids is 1. The topological polar surface area (TPSA) is 45.2 Å². The maximum atomic E-state index is 11.6. The molecule has 1 fully saturated rings. The van der Waals surface area contributed by atoms with Crippen molar-refractivity contribution in [2.75, 3.05) is 11.9 Å². The minimum Gasteiger partial charge on any atom is -0.316 e. The fourth-order valence-electron chi connectivity index (χ4n) is 2.27. The minimum atomic E-state index is 0.0213. The third-order valence-corrected chi connectivity index (χ3v) is 2.91. The lowest BCUT2D eigenvalue weighted by Crippen LogP contribution is -2.39. The molecule has 1 aromatic rings. The summed E-state index contributed by atoms with van der Waals surface area (Å²) in [6.45, 7) is 0.854. The van der Waals surface area contributed by atoms with Gasteiger partial charge in [-0.2, -0.15) is 0 Å². The lowest BCUT2D eigenvalue weighted by Gasteiger charge is -2.30. The molecule has 2 aliphatic heterocycles. The van der Waals surface area contributed by atoms with E-state index in [9.17, 15) is 4.79 Å². The highest BCUT2D eigenvalue weighted by Crippen LogP contribution is 2.37. The largest absolute Gasteiger partial charge is 0.322 e. The van der Waals surface area contributed by atoms with E-state index in [1.54, 1.807) is 6.20 Å². The number of aromatic nitrogens is 1. The van der Waals surface area contributed by atoms with Gasteiger partial charge in [0.1, 0.15) is 0 Å². The van der Waals surface area contributed by atoms with Crippen molar-refractivity contribution in [3.63, 3.8) is 0 Å². The van der Waals surface area contributed by atoms with E-state index < -0.39 is 0 Å². The number of fused-ring (bicyclic) bond motifs is 3. The third-order valence-electron chi connectivity index (χ3n) is 2.91. The molecule has 0 bridgehead atoms. The van der Waals surface area contributed by atoms with Crippen LogP contribution >= 0.6 is 0 Å². The summed E-state index contributed by atoms with van der Waals surface area (Å²) in [6, 6.07) is 3.99. The summed E-state index contributed by atoms with van der Waals surface area (Å²) in [6.07, 6.45) is 3.90. The quantitative estimate of drug-likeness (QED) is 0.676. The van der Waals surface area contributed by atoms with Crippen molar-refractivity contribution < 1.29 is 4.79 Å². The minimum absolute atomic E-state index is 0.0213. The van der Waals surface area contributed by atoms with Crippen LogP contribution in [0.15, 0.2) is 18.3 Å². The lowest BCUT2D eigenvalue weighted by atomic mass is 10.1. The van der Waals surface area contributed by atoms with Gasteiger partial charge in [0.25, 0.3) is 0 Å². The Morgan fingerprint density at radius 3 is 3.43 bits per heavy atom. The molecule has 1 aromatic heterocycles. The van der Waals surface area contributed by atoms with E-state index in [2.05, 4.69) is 10.3 Å². The number of hydrogen-bond donors (Lipinski definition) is 1. The number of nitrogens with zero attached hydrogens (tertiary/aromatic N) is 2. The summed E-state index contributed by atoms with van der Waals surface area (Å²) in [5, 5.41) is 2.86. The van der Waals surface area contributed by atoms with Crippen molar-refractivity contribution in [1.82, 2.24) is 9.88 Å². The molecule has 14 heavy (non-hydrogen) atoms. The van der Waals surface area contributed by atoms with E-state index >= 15 is 0 Å². The Balaban J connectivity index is 2.11. The van der Waals surface area contributed by atoms with Gasteiger partial charge in [-0.15, -0.1) is 0 Å². The molecule has 0 aromatic carbocycles. The van der Waals surface area contributed by atoms with Crippen LogP contribution in [0.2, 0.25) is 0 Å². The molecule has 1 N–H and O–H groups in total. The van der Waals surface area contributed by atoms with Crippen LogP contribution in [0, 0.1) is 0 Å². The SMILES string of the molecule is O=C1Nc2cccnc2C2CCCN12. The number of rotatable bonds is 0. The van der Waals surface area contributed by atoms with E-state index in [0.717, 1.165) is 30.8 Å². The van der Waals surface area contributed by atoms with Gasteiger partial charge in [0.2, 0.25) is 0 Å². The van der Waals surface area contributed by atoms with Crippen LogP contribution in [0.1, 0.15) is 24.6 Å². The van der Waals surface area contributed by atoms with E-state index in [0.29, 0.717) is 0 Å². The predicted octanol–water partition coefficient (Wildman–Crippen LogP) is 1.76. The van der Waals surface area contributed by atoms with Crippen molar-refractivity contribution in [3.8, 4) is 0 Å². The second kappa shape index (κ2) is 2.70. The van der Waals surface area contributed by atoms with Crippen molar-refractivity contribution in [3.05, 3.63) is 24.0 Å². The predicted molar refractivity (Wildman–Crippen MR) is 51.9 cm³/mol. The summed E-state index contributed by atoms with van der Waals surface area (Å²) in [5.74, 6) is 0. The third kappa shape index (κ3) is 0.937. The number of urea groups is 1. The van der Waals surface area contributed by atoms with Gasteiger partial charge >= 0.3 is 6.03 Å². The average molecular weight is 189 g/mol. The highest BCUT2D eigenvalue weighted by molar-refractivity contribution is 5.92. The monoisotopic (exact) mass is 189 g/mol. The molecule has 2 amide bonds. The first-order chi connectivity index (χ1) is 6.86. The molecule has 1 saturated heterocycles. The summed E-state index contributed by atoms with van der Waals surface area (Å²) in [5.41, 5.74) is 1.89. The second-order valence-corrected chi connectivity index (χ2v) is 3.72. The molecule has 3 heterocycles. The van der Waals surface area contributed by atoms with Gasteiger partial charge in [-0.05, 0) is 25.0 Å². The molecule has 3 rings (SSSR count). The molecule has 1 unspecified atom stereocenters. The van der Waals surface area contributed by atoms with Gasteiger partial charge in [-0.1, -0.05) is 0 Å². The molecular formula is C10H11N3O. The van der Waals surface area contributed by atoms with Crippen molar-refractivity contribution in [2.45, 2.75) is 18.9 Å². The molecular weight excluding hydrogens is 178 g/mol. The summed E-state index contributed by atoms with van der Waals surface area (Å²) in [4.78, 5) is 17.8. The molecule has 0 spiro atoms. The van der Waals surface area contributed by atoms with Crippen molar-refractivity contribution in [1.29, 1.82) is 0 Å². The summed E-state index contributed by atoms with van der Waals surface area (Å²) in [7, 11) is 0. The first kappa shape index (κ1) is 7.79. The maximum Gasteiger partial charge on any atom is 0.322 e. The van der Waals surface area contributed by atoms with Gasteiger partial charge in [0.15, 0.2) is 0 Å². The highest BCUT2D eigenvalue weighted by Gasteiger charge is 2.36. The van der Waals surface area contributed by atoms with Gasteiger partial charge in [-0.3, -0.25) is 4.98 Å². The van der Waals surface area contributed by atoms with Crippen LogP contribution in [0.4, 0.5) is 10.5 Å². The molecule has 4 heteroatoms. The molecule has 0 saturated carbocycles. The molecule has 0 aliphatic carbocycles. The summed E-state index contributed by atoms with van der Waals surface area (Å²) < 4.78 is 0. The van der Waals surface area contributed by atoms with Crippen LogP contribution in [-0.4, -0.2) is 22.5 Å². The highest BCUT2D eigenvalue weighted by atomic mass is 16.2. The van der Waals surface area contributed by atoms with Crippen molar-refractivity contribution >= 4 is 11.7 Å². The van der Waals surface area contributed by atoms with Crippen LogP contribution < -0.4 is 5.32 Å². The second-order valence-electron chi connectivity index (χ2n) is 3.72. The fourth-order valence-corrected chi connectivity index (χ4v) is 2.27. The number of pyridine rings is 1. The number of anilines is 1. The molecule has 72 valence electrons. The number of nitrogens with one attached hydrogen (secondary N) is 1. The van der Waals surface area contributed by atoms with Gasteiger partial charge in [-0.25, -0.2) is 4.79 Å². The lowest BCUT2D eigenvalue weighted by molar-refractivity contribution is 0.203. The Bertz CT molecular complexity index is 391. The number of hydrogen-bond acceptors (Lipinski definition) is 2. The Labute approximate surface area is 81.9 Å². The zero-order chi connectivity index (χ0) is 9.54. The Hall–Kier alpha value is -1.58. The molecule has 1 atom stereocenters. The van der Waals surface area contributed by atoms with Gasteiger partial charge < -0.3 is 10.2 Å². The maximum absolute atomic E-state index is 11.6. The van der Waals surface area contributed by atoms with Crippen LogP contribution in [0.5, 0.6) is 0 Å². The van der Waals surface area contributed by atoms with Crippen molar-refractivity contribution in [2.24, 2.45) is 0 Å². The summed E-state index contributed by atoms with van der Waals surface area (Å²) >= 11 is 0. The van der Waals surface area contributed by atoms with E-state index in [1.807, 2.05) is 17.0 Å². The Morgan fingerprint density at radius 1 is 1.57 bits per heavy atom. The first-order valence-corrected chi connectivity index (χ1v) is 4.89. The van der Waals surface area contributed by atoms with E-state index in [-0.39, 0.29) is 12.1 Å². The van der Waals surface area contributed by atoms with Gasteiger partial charge in [0, 0.05) is 12.7 Å². The zero-order valence-electron chi connectivity index (χ0n) is 7.73. The van der Waals surface area contributed by atoms with Crippen LogP contribution in [-0.2, 0) is 0 Å². The zero-order valence-corrected chi connectivity index (χ0v) is 7.73. The van der Waals surface area contributed by atoms with Crippen LogP contribution in [0.25, 0.3) is 0 Å². The number of amides is 2. The molecule has 0 radical (unpaired) electrons. The first-order valence-electron chi connectivity index (χ1n) is 4.89. The van der Waals surface area contributed by atoms with Crippen LogP contribution in [0.3, 0.4) is 0 Å². The standard InChI is InChI=1S/C10H11N3O/c14-10-12-7-3-1-5-11-9(7)8-4-2-6-13(8)10/h1,3,5,8H,2,4,6H2,(H,12,14). The number of carbonyl (C=O) groups is 1. The van der Waals surface area contributed by atoms with E-state index in [4.69, 9.17) is 0 Å². The average Bonchev–Trinajstić information content (AvgIpc) is 2.67.